The molecule has 5 nitrogen and oxygen atoms in total. The Balaban J connectivity index is 2.88. The fraction of sp³-hybridized carbons (Fsp3) is 0.385. The van der Waals surface area contributed by atoms with Gasteiger partial charge in [0.1, 0.15) is 0 Å². The van der Waals surface area contributed by atoms with Gasteiger partial charge in [0.05, 0.1) is 11.5 Å². The highest BCUT2D eigenvalue weighted by atomic mass is 79.9. The first-order valence-electron chi connectivity index (χ1n) is 5.89. The number of anilines is 1. The number of aliphatic carboxylic acids is 1. The second-order valence-electron chi connectivity index (χ2n) is 4.62. The number of amides is 1. The van der Waals surface area contributed by atoms with Gasteiger partial charge in [-0.05, 0) is 24.1 Å². The van der Waals surface area contributed by atoms with Gasteiger partial charge in [-0.3, -0.25) is 9.59 Å². The van der Waals surface area contributed by atoms with Crippen molar-refractivity contribution in [1.29, 1.82) is 0 Å². The molecule has 1 amide bonds. The summed E-state index contributed by atoms with van der Waals surface area (Å²) in [6.45, 7) is 3.93. The number of primary amides is 1. The predicted molar refractivity (Wildman–Crippen MR) is 77.1 cm³/mol. The Morgan fingerprint density at radius 3 is 2.53 bits per heavy atom. The first kappa shape index (κ1) is 15.5. The number of rotatable bonds is 6. The van der Waals surface area contributed by atoms with Crippen LogP contribution in [0.1, 0.15) is 24.2 Å². The van der Waals surface area contributed by atoms with E-state index in [0.717, 1.165) is 4.47 Å². The molecule has 19 heavy (non-hydrogen) atoms. The standard InChI is InChI=1S/C13H17BrN2O3/c1-7(2)10(13(18)19)6-16-11-4-3-8(14)5-9(11)12(15)17/h3-5,7,10,16H,6H2,1-2H3,(H2,15,17)(H,18,19). The number of carbonyl (C=O) groups is 2. The highest BCUT2D eigenvalue weighted by Crippen LogP contribution is 2.22. The third-order valence-corrected chi connectivity index (χ3v) is 3.37. The Labute approximate surface area is 120 Å². The van der Waals surface area contributed by atoms with E-state index in [4.69, 9.17) is 10.8 Å². The molecule has 0 aromatic heterocycles. The van der Waals surface area contributed by atoms with Crippen LogP contribution in [0.25, 0.3) is 0 Å². The first-order chi connectivity index (χ1) is 8.82. The van der Waals surface area contributed by atoms with Crippen LogP contribution >= 0.6 is 15.9 Å². The molecule has 0 saturated carbocycles. The van der Waals surface area contributed by atoms with Crippen LogP contribution in [0.15, 0.2) is 22.7 Å². The Bertz CT molecular complexity index is 489. The summed E-state index contributed by atoms with van der Waals surface area (Å²) < 4.78 is 0.741. The molecule has 1 aromatic rings. The number of carboxylic acid groups (broad SMARTS) is 1. The second kappa shape index (κ2) is 6.56. The minimum atomic E-state index is -0.861. The zero-order valence-electron chi connectivity index (χ0n) is 10.8. The molecule has 0 bridgehead atoms. The topological polar surface area (TPSA) is 92.4 Å². The monoisotopic (exact) mass is 328 g/mol. The van der Waals surface area contributed by atoms with Gasteiger partial charge in [-0.1, -0.05) is 29.8 Å². The lowest BCUT2D eigenvalue weighted by Gasteiger charge is -2.18. The van der Waals surface area contributed by atoms with Crippen LogP contribution in [-0.4, -0.2) is 23.5 Å². The molecular weight excluding hydrogens is 312 g/mol. The summed E-state index contributed by atoms with van der Waals surface area (Å²) in [6.07, 6.45) is 0. The number of halogens is 1. The predicted octanol–water partition coefficient (Wildman–Crippen LogP) is 2.32. The number of nitrogens with one attached hydrogen (secondary N) is 1. The van der Waals surface area contributed by atoms with Gasteiger partial charge in [-0.2, -0.15) is 0 Å². The smallest absolute Gasteiger partial charge is 0.308 e. The van der Waals surface area contributed by atoms with Crippen LogP contribution in [0, 0.1) is 11.8 Å². The molecule has 1 aromatic carbocycles. The van der Waals surface area contributed by atoms with E-state index in [-0.39, 0.29) is 12.5 Å². The number of hydrogen-bond donors (Lipinski definition) is 3. The maximum absolute atomic E-state index is 11.3. The zero-order valence-corrected chi connectivity index (χ0v) is 12.4. The molecule has 1 unspecified atom stereocenters. The van der Waals surface area contributed by atoms with E-state index >= 15 is 0 Å². The third-order valence-electron chi connectivity index (χ3n) is 2.88. The number of carboxylic acids is 1. The zero-order chi connectivity index (χ0) is 14.6. The van der Waals surface area contributed by atoms with Crippen molar-refractivity contribution < 1.29 is 14.7 Å². The van der Waals surface area contributed by atoms with Gasteiger partial charge in [0.25, 0.3) is 5.91 Å². The van der Waals surface area contributed by atoms with Crippen molar-refractivity contribution in [2.45, 2.75) is 13.8 Å². The summed E-state index contributed by atoms with van der Waals surface area (Å²) in [5.74, 6) is -1.94. The third kappa shape index (κ3) is 4.24. The summed E-state index contributed by atoms with van der Waals surface area (Å²) in [5.41, 5.74) is 6.17. The van der Waals surface area contributed by atoms with Crippen molar-refractivity contribution in [3.05, 3.63) is 28.2 Å². The summed E-state index contributed by atoms with van der Waals surface area (Å²) in [4.78, 5) is 22.4. The Morgan fingerprint density at radius 2 is 2.05 bits per heavy atom. The minimum absolute atomic E-state index is 0.00234. The van der Waals surface area contributed by atoms with Gasteiger partial charge in [0.15, 0.2) is 0 Å². The van der Waals surface area contributed by atoms with E-state index in [1.54, 1.807) is 18.2 Å². The van der Waals surface area contributed by atoms with Crippen LogP contribution in [0.2, 0.25) is 0 Å². The lowest BCUT2D eigenvalue weighted by Crippen LogP contribution is -2.28. The molecule has 6 heteroatoms. The van der Waals surface area contributed by atoms with Crippen LogP contribution in [-0.2, 0) is 4.79 Å². The lowest BCUT2D eigenvalue weighted by molar-refractivity contribution is -0.142. The average Bonchev–Trinajstić information content (AvgIpc) is 2.29. The van der Waals surface area contributed by atoms with E-state index in [1.807, 2.05) is 13.8 Å². The summed E-state index contributed by atoms with van der Waals surface area (Å²) in [6, 6.07) is 5.07. The molecule has 1 atom stereocenters. The van der Waals surface area contributed by atoms with Gasteiger partial charge in [-0.25, -0.2) is 0 Å². The second-order valence-corrected chi connectivity index (χ2v) is 5.54. The van der Waals surface area contributed by atoms with Crippen molar-refractivity contribution in [2.75, 3.05) is 11.9 Å². The molecular formula is C13H17BrN2O3. The van der Waals surface area contributed by atoms with E-state index < -0.39 is 17.8 Å². The van der Waals surface area contributed by atoms with Gasteiger partial charge in [0.2, 0.25) is 0 Å². The average molecular weight is 329 g/mol. The number of benzene rings is 1. The van der Waals surface area contributed by atoms with Gasteiger partial charge in [-0.15, -0.1) is 0 Å². The molecule has 0 aliphatic rings. The van der Waals surface area contributed by atoms with Crippen molar-refractivity contribution >= 4 is 33.5 Å². The normalized spacial score (nSPS) is 12.2. The fourth-order valence-corrected chi connectivity index (χ4v) is 2.06. The van der Waals surface area contributed by atoms with Crippen molar-refractivity contribution in [3.63, 3.8) is 0 Å². The quantitative estimate of drug-likeness (QED) is 0.747. The summed E-state index contributed by atoms with van der Waals surface area (Å²) >= 11 is 3.26. The largest absolute Gasteiger partial charge is 0.481 e. The molecule has 0 spiro atoms. The van der Waals surface area contributed by atoms with E-state index in [0.29, 0.717) is 11.3 Å². The number of nitrogens with two attached hydrogens (primary N) is 1. The Morgan fingerprint density at radius 1 is 1.42 bits per heavy atom. The molecule has 1 rings (SSSR count). The Hall–Kier alpha value is -1.56. The highest BCUT2D eigenvalue weighted by molar-refractivity contribution is 9.10. The van der Waals surface area contributed by atoms with Crippen molar-refractivity contribution in [3.8, 4) is 0 Å². The molecule has 0 fully saturated rings. The van der Waals surface area contributed by atoms with E-state index in [1.165, 1.54) is 0 Å². The van der Waals surface area contributed by atoms with Gasteiger partial charge >= 0.3 is 5.97 Å². The van der Waals surface area contributed by atoms with Gasteiger partial charge in [0, 0.05) is 16.7 Å². The first-order valence-corrected chi connectivity index (χ1v) is 6.68. The number of carbonyl (C=O) groups excluding carboxylic acids is 1. The lowest BCUT2D eigenvalue weighted by atomic mass is 9.96. The van der Waals surface area contributed by atoms with Crippen molar-refractivity contribution in [1.82, 2.24) is 0 Å². The molecule has 4 N–H and O–H groups in total. The highest BCUT2D eigenvalue weighted by Gasteiger charge is 2.21. The molecule has 0 aliphatic carbocycles. The maximum Gasteiger partial charge on any atom is 0.308 e. The molecule has 104 valence electrons. The molecule has 0 aliphatic heterocycles. The molecule has 0 saturated heterocycles. The number of hydrogen-bond acceptors (Lipinski definition) is 3. The minimum Gasteiger partial charge on any atom is -0.481 e. The maximum atomic E-state index is 11.3. The van der Waals surface area contributed by atoms with Crippen LogP contribution in [0.5, 0.6) is 0 Å². The SMILES string of the molecule is CC(C)C(CNc1ccc(Br)cc1C(N)=O)C(=O)O. The van der Waals surface area contributed by atoms with Crippen LogP contribution in [0.3, 0.4) is 0 Å². The van der Waals surface area contributed by atoms with Crippen molar-refractivity contribution in [2.24, 2.45) is 17.6 Å². The van der Waals surface area contributed by atoms with Gasteiger partial charge < -0.3 is 16.2 Å². The fourth-order valence-electron chi connectivity index (χ4n) is 1.70. The molecule has 0 heterocycles. The van der Waals surface area contributed by atoms with E-state index in [9.17, 15) is 9.59 Å². The van der Waals surface area contributed by atoms with E-state index in [2.05, 4.69) is 21.2 Å². The summed E-state index contributed by atoms with van der Waals surface area (Å²) in [7, 11) is 0. The Kier molecular flexibility index (Phi) is 5.35. The summed E-state index contributed by atoms with van der Waals surface area (Å²) in [5, 5.41) is 12.1. The van der Waals surface area contributed by atoms with Crippen LogP contribution < -0.4 is 11.1 Å². The van der Waals surface area contributed by atoms with Crippen LogP contribution in [0.4, 0.5) is 5.69 Å². The molecule has 0 radical (unpaired) electrons.